The Morgan fingerprint density at radius 3 is 0.857 bits per heavy atom. The van der Waals surface area contributed by atoms with E-state index in [2.05, 4.69) is 0 Å². The first-order valence-electron chi connectivity index (χ1n) is 22.1. The fourth-order valence-electron chi connectivity index (χ4n) is 7.33. The van der Waals surface area contributed by atoms with Gasteiger partial charge in [0.2, 0.25) is 0 Å². The molecule has 6 aromatic carbocycles. The second-order valence-corrected chi connectivity index (χ2v) is 27.8. The number of sulfonamides is 6. The molecule has 0 atom stereocenters. The molecule has 0 radical (unpaired) electrons. The molecule has 0 aromatic heterocycles. The largest absolute Gasteiger partial charge is 0.277 e. The van der Waals surface area contributed by atoms with Gasteiger partial charge in [0.25, 0.3) is 82.9 Å². The highest BCUT2D eigenvalue weighted by Crippen LogP contribution is 2.37. The number of nitro benzene ring substituents is 4. The lowest BCUT2D eigenvalue weighted by molar-refractivity contribution is -0.385. The summed E-state index contributed by atoms with van der Waals surface area (Å²) in [4.78, 5) is 36.9. The minimum absolute atomic E-state index is 0.0404. The van der Waals surface area contributed by atoms with Crippen molar-refractivity contribution >= 4 is 94.3 Å². The third-order valence-corrected chi connectivity index (χ3v) is 23.8. The van der Waals surface area contributed by atoms with E-state index in [0.717, 1.165) is 85.6 Å². The van der Waals surface area contributed by atoms with Crippen LogP contribution in [-0.2, 0) is 60.1 Å². The minimum atomic E-state index is -5.48. The Balaban J connectivity index is 1.48. The molecule has 0 bridgehead atoms. The second kappa shape index (κ2) is 22.8. The van der Waals surface area contributed by atoms with E-state index < -0.39 is 150 Å². The topological polar surface area (TPSA) is 387 Å². The van der Waals surface area contributed by atoms with E-state index in [9.17, 15) is 91.0 Å². The second-order valence-electron chi connectivity index (χ2n) is 16.2. The van der Waals surface area contributed by atoms with Crippen LogP contribution in [0.25, 0.3) is 0 Å². The normalized spacial score (nSPS) is 12.4. The molecule has 0 aliphatic carbocycles. The SMILES string of the molecule is CCCCCCCCN(S(=O)(=O)c1ccc(N(S(=O)(=O)c2cccc([N+](=O)[O-])c2)S(=O)(=O)c2cccc([N+](=O)[O-])c2)cc1)S(=O)(=O)c1ccc(N(S(=O)(=O)c2cccc([N+](=O)[O-])c2)S(=O)(=O)c2cccc([N+](=O)[O-])c2)cc1. The van der Waals surface area contributed by atoms with Gasteiger partial charge < -0.3 is 0 Å². The van der Waals surface area contributed by atoms with E-state index in [1.807, 2.05) is 6.92 Å². The molecule has 33 heteroatoms. The number of hydrogen-bond donors (Lipinski definition) is 0. The molecule has 0 fully saturated rings. The summed E-state index contributed by atoms with van der Waals surface area (Å²) in [6.07, 6.45) is 2.98. The molecule has 0 amide bonds. The van der Waals surface area contributed by atoms with Crippen LogP contribution in [0, 0.1) is 40.5 Å². The van der Waals surface area contributed by atoms with E-state index in [1.54, 1.807) is 0 Å². The third kappa shape index (κ3) is 12.2. The van der Waals surface area contributed by atoms with Gasteiger partial charge in [-0.1, -0.05) is 67.0 Å². The van der Waals surface area contributed by atoms with E-state index >= 15 is 0 Å². The molecular weight excluding hydrogens is 1140 g/mol. The summed E-state index contributed by atoms with van der Waals surface area (Å²) in [5.74, 6) is 0. The predicted octanol–water partition coefficient (Wildman–Crippen LogP) is 7.23. The van der Waals surface area contributed by atoms with Crippen molar-refractivity contribution in [2.24, 2.45) is 0 Å². The van der Waals surface area contributed by atoms with E-state index in [4.69, 9.17) is 0 Å². The van der Waals surface area contributed by atoms with Crippen LogP contribution in [0.3, 0.4) is 0 Å². The van der Waals surface area contributed by atoms with Gasteiger partial charge in [-0.05, 0) is 79.2 Å². The average Bonchev–Trinajstić information content (AvgIpc) is 3.43. The molecule has 408 valence electrons. The van der Waals surface area contributed by atoms with E-state index in [1.165, 1.54) is 0 Å². The van der Waals surface area contributed by atoms with Gasteiger partial charge in [-0.3, -0.25) is 40.5 Å². The molecule has 0 unspecified atom stereocenters. The van der Waals surface area contributed by atoms with Gasteiger partial charge in [-0.15, -0.1) is 0 Å². The molecule has 0 N–H and O–H groups in total. The van der Waals surface area contributed by atoms with Gasteiger partial charge in [0.1, 0.15) is 0 Å². The fourth-order valence-corrected chi connectivity index (χ4v) is 18.6. The zero-order valence-electron chi connectivity index (χ0n) is 39.6. The van der Waals surface area contributed by atoms with Crippen molar-refractivity contribution in [2.45, 2.75) is 74.8 Å². The lowest BCUT2D eigenvalue weighted by Gasteiger charge is -2.26. The summed E-state index contributed by atoms with van der Waals surface area (Å²) in [5.41, 5.74) is -4.92. The first kappa shape index (κ1) is 58.4. The monoisotopic (exact) mass is 1180 g/mol. The zero-order valence-corrected chi connectivity index (χ0v) is 44.5. The maximum Gasteiger partial charge on any atom is 0.277 e. The average molecular weight is 1180 g/mol. The van der Waals surface area contributed by atoms with Crippen LogP contribution in [-0.4, -0.2) is 80.5 Å². The molecule has 6 aromatic rings. The maximum atomic E-state index is 14.6. The van der Waals surface area contributed by atoms with Gasteiger partial charge in [-0.25, -0.2) is 50.5 Å². The highest BCUT2D eigenvalue weighted by molar-refractivity contribution is 8.11. The van der Waals surface area contributed by atoms with Gasteiger partial charge in [0.15, 0.2) is 0 Å². The molecular formula is C44H41N7O20S6. The Morgan fingerprint density at radius 2 is 0.597 bits per heavy atom. The van der Waals surface area contributed by atoms with Crippen LogP contribution < -0.4 is 7.42 Å². The molecule has 0 heterocycles. The van der Waals surface area contributed by atoms with Crippen LogP contribution in [0.2, 0.25) is 0 Å². The summed E-state index contributed by atoms with van der Waals surface area (Å²) < 4.78 is 173. The predicted molar refractivity (Wildman–Crippen MR) is 273 cm³/mol. The third-order valence-electron chi connectivity index (χ3n) is 11.1. The maximum absolute atomic E-state index is 14.6. The van der Waals surface area contributed by atoms with Gasteiger partial charge in [0, 0.05) is 55.1 Å². The van der Waals surface area contributed by atoms with Crippen LogP contribution >= 0.6 is 0 Å². The molecule has 0 spiro atoms. The van der Waals surface area contributed by atoms with Crippen molar-refractivity contribution < 1.29 is 70.2 Å². The first-order valence-corrected chi connectivity index (χ1v) is 30.7. The molecule has 0 aliphatic heterocycles. The van der Waals surface area contributed by atoms with E-state index in [-0.39, 0.29) is 24.0 Å². The highest BCUT2D eigenvalue weighted by Gasteiger charge is 2.42. The van der Waals surface area contributed by atoms with Crippen molar-refractivity contribution in [3.63, 3.8) is 0 Å². The van der Waals surface area contributed by atoms with Crippen LogP contribution in [0.1, 0.15) is 45.4 Å². The number of hydrogen-bond acceptors (Lipinski definition) is 20. The number of benzene rings is 6. The summed E-state index contributed by atoms with van der Waals surface area (Å²) in [5, 5.41) is 46.4. The Kier molecular flexibility index (Phi) is 17.3. The van der Waals surface area contributed by atoms with Crippen LogP contribution in [0.5, 0.6) is 0 Å². The van der Waals surface area contributed by atoms with Crippen LogP contribution in [0.15, 0.2) is 175 Å². The number of nitro groups is 4. The molecule has 27 nitrogen and oxygen atoms in total. The quantitative estimate of drug-likeness (QED) is 0.0310. The number of anilines is 2. The van der Waals surface area contributed by atoms with Crippen molar-refractivity contribution in [3.05, 3.63) is 186 Å². The van der Waals surface area contributed by atoms with Crippen molar-refractivity contribution in [1.29, 1.82) is 0 Å². The zero-order chi connectivity index (χ0) is 56.9. The number of nitrogens with zero attached hydrogens (tertiary/aromatic N) is 7. The van der Waals surface area contributed by atoms with Crippen LogP contribution in [0.4, 0.5) is 34.1 Å². The van der Waals surface area contributed by atoms with Gasteiger partial charge >= 0.3 is 0 Å². The summed E-state index contributed by atoms with van der Waals surface area (Å²) in [6.45, 7) is 1.15. The molecule has 6 rings (SSSR count). The Labute approximate surface area is 440 Å². The molecule has 0 saturated heterocycles. The summed E-state index contributed by atoms with van der Waals surface area (Å²) in [6, 6.07) is 17.6. The summed E-state index contributed by atoms with van der Waals surface area (Å²) in [7, 11) is -32.6. The summed E-state index contributed by atoms with van der Waals surface area (Å²) >= 11 is 0. The van der Waals surface area contributed by atoms with Gasteiger partial charge in [-0.2, -0.15) is 7.42 Å². The molecule has 0 saturated carbocycles. The highest BCUT2D eigenvalue weighted by atomic mass is 32.3. The fraction of sp³-hybridized carbons (Fsp3) is 0.182. The lowest BCUT2D eigenvalue weighted by Crippen LogP contribution is -2.38. The minimum Gasteiger partial charge on any atom is -0.258 e. The first-order chi connectivity index (χ1) is 36.0. The van der Waals surface area contributed by atoms with Crippen molar-refractivity contribution in [2.75, 3.05) is 14.0 Å². The molecule has 77 heavy (non-hydrogen) atoms. The Bertz CT molecular complexity index is 3570. The van der Waals surface area contributed by atoms with Crippen molar-refractivity contribution in [1.82, 2.24) is 3.71 Å². The van der Waals surface area contributed by atoms with Gasteiger partial charge in [0.05, 0.1) is 60.4 Å². The Hall–Kier alpha value is -7.82. The smallest absolute Gasteiger partial charge is 0.258 e. The standard InChI is InChI=1S/C44H41N7O20S6/c1-2-3-4-5-6-7-28-45(72(60,61)39-24-20-33(21-25-39)50(74(64,65)41-16-8-12-35(29-41)46(52)53)75(66,67)42-17-9-13-36(30-42)47(54)55)73(62,63)40-26-22-34(23-27-40)51(76(68,69)43-18-10-14-37(31-43)48(56)57)77(70,71)44-19-11-15-38(32-44)49(58)59/h8-27,29-32H,2-7,28H2,1H3. The number of rotatable bonds is 25. The number of non-ortho nitro benzene ring substituents is 4. The van der Waals surface area contributed by atoms with Crippen molar-refractivity contribution in [3.8, 4) is 0 Å². The Morgan fingerprint density at radius 1 is 0.338 bits per heavy atom. The number of unbranched alkanes of at least 4 members (excludes halogenated alkanes) is 5. The lowest BCUT2D eigenvalue weighted by atomic mass is 10.1. The molecule has 0 aliphatic rings. The van der Waals surface area contributed by atoms with E-state index in [0.29, 0.717) is 85.6 Å².